The van der Waals surface area contributed by atoms with E-state index in [1.165, 1.54) is 25.3 Å². The van der Waals surface area contributed by atoms with Gasteiger partial charge >= 0.3 is 6.09 Å². The van der Waals surface area contributed by atoms with Crippen LogP contribution >= 0.6 is 0 Å². The van der Waals surface area contributed by atoms with Crippen molar-refractivity contribution in [3.8, 4) is 22.9 Å². The highest BCUT2D eigenvalue weighted by Gasteiger charge is 2.29. The molecule has 0 saturated heterocycles. The molecule has 0 radical (unpaired) electrons. The molecule has 3 aromatic rings. The second-order valence-electron chi connectivity index (χ2n) is 7.79. The van der Waals surface area contributed by atoms with Crippen LogP contribution in [-0.4, -0.2) is 42.7 Å². The van der Waals surface area contributed by atoms with Crippen molar-refractivity contribution in [3.63, 3.8) is 0 Å². The van der Waals surface area contributed by atoms with Gasteiger partial charge in [0, 0.05) is 12.5 Å². The molecule has 3 N–H and O–H groups in total. The highest BCUT2D eigenvalue weighted by molar-refractivity contribution is 5.79. The van der Waals surface area contributed by atoms with Gasteiger partial charge in [0.2, 0.25) is 0 Å². The maximum atomic E-state index is 12.3. The van der Waals surface area contributed by atoms with E-state index in [0.717, 1.165) is 22.3 Å². The molecule has 4 rings (SSSR count). The van der Waals surface area contributed by atoms with Crippen LogP contribution in [0.2, 0.25) is 0 Å². The summed E-state index contributed by atoms with van der Waals surface area (Å²) in [5.41, 5.74) is 5.18. The van der Waals surface area contributed by atoms with E-state index in [-0.39, 0.29) is 19.1 Å². The second kappa shape index (κ2) is 9.74. The van der Waals surface area contributed by atoms with Gasteiger partial charge in [-0.2, -0.15) is 5.26 Å². The van der Waals surface area contributed by atoms with Crippen LogP contribution in [0.15, 0.2) is 66.7 Å². The van der Waals surface area contributed by atoms with E-state index in [4.69, 9.17) is 14.7 Å². The van der Waals surface area contributed by atoms with Gasteiger partial charge in [0.25, 0.3) is 0 Å². The largest absolute Gasteiger partial charge is 0.495 e. The van der Waals surface area contributed by atoms with Gasteiger partial charge in [-0.05, 0) is 39.9 Å². The first-order valence-corrected chi connectivity index (χ1v) is 10.6. The Labute approximate surface area is 191 Å². The summed E-state index contributed by atoms with van der Waals surface area (Å²) in [5, 5.41) is 32.3. The Morgan fingerprint density at radius 3 is 2.30 bits per heavy atom. The van der Waals surface area contributed by atoms with Gasteiger partial charge in [0.05, 0.1) is 12.7 Å². The number of hydrogen-bond donors (Lipinski definition) is 3. The van der Waals surface area contributed by atoms with Crippen molar-refractivity contribution in [1.29, 1.82) is 5.26 Å². The molecule has 2 unspecified atom stereocenters. The molecule has 7 heteroatoms. The number of aliphatic hydroxyl groups excluding tert-OH is 2. The molecule has 33 heavy (non-hydrogen) atoms. The van der Waals surface area contributed by atoms with E-state index in [1.807, 2.05) is 42.5 Å². The summed E-state index contributed by atoms with van der Waals surface area (Å²) in [5.74, 6) is 0.232. The van der Waals surface area contributed by atoms with Crippen molar-refractivity contribution in [2.75, 3.05) is 20.3 Å². The van der Waals surface area contributed by atoms with E-state index in [0.29, 0.717) is 16.9 Å². The molecule has 2 atom stereocenters. The number of hydrogen-bond acceptors (Lipinski definition) is 6. The lowest BCUT2D eigenvalue weighted by molar-refractivity contribution is 0.0184. The molecule has 0 aromatic heterocycles. The Morgan fingerprint density at radius 2 is 1.70 bits per heavy atom. The molecule has 0 aliphatic heterocycles. The molecule has 0 saturated carbocycles. The maximum Gasteiger partial charge on any atom is 0.407 e. The highest BCUT2D eigenvalue weighted by Crippen LogP contribution is 2.44. The number of fused-ring (bicyclic) bond motifs is 3. The number of aliphatic hydroxyl groups is 2. The standard InChI is InChI=1S/C26H24N2O5/c1-32-24-12-16(10-11-17(24)13-27)25(30)23(29)14-28-26(31)33-15-22-20-8-4-2-6-18(20)19-7-3-5-9-21(19)22/h2-12,22-23,25,29-30H,14-15H2,1H3,(H,28,31). The van der Waals surface area contributed by atoms with E-state index >= 15 is 0 Å². The minimum Gasteiger partial charge on any atom is -0.495 e. The fourth-order valence-electron chi connectivity index (χ4n) is 4.16. The number of alkyl carbamates (subject to hydrolysis) is 1. The van der Waals surface area contributed by atoms with E-state index in [1.54, 1.807) is 0 Å². The summed E-state index contributed by atoms with van der Waals surface area (Å²) < 4.78 is 10.6. The second-order valence-corrected chi connectivity index (χ2v) is 7.79. The van der Waals surface area contributed by atoms with Crippen LogP contribution in [0, 0.1) is 11.3 Å². The fraction of sp³-hybridized carbons (Fsp3) is 0.231. The number of methoxy groups -OCH3 is 1. The normalized spacial score (nSPS) is 13.9. The number of rotatable bonds is 7. The number of amides is 1. The molecule has 0 heterocycles. The van der Waals surface area contributed by atoms with Crippen molar-refractivity contribution in [1.82, 2.24) is 5.32 Å². The first-order chi connectivity index (χ1) is 16.0. The lowest BCUT2D eigenvalue weighted by atomic mass is 9.98. The number of carbonyl (C=O) groups is 1. The third-order valence-corrected chi connectivity index (χ3v) is 5.85. The van der Waals surface area contributed by atoms with Gasteiger partial charge in [-0.15, -0.1) is 0 Å². The van der Waals surface area contributed by atoms with Crippen LogP contribution in [0.25, 0.3) is 11.1 Å². The van der Waals surface area contributed by atoms with Crippen LogP contribution in [0.4, 0.5) is 4.79 Å². The van der Waals surface area contributed by atoms with Crippen LogP contribution < -0.4 is 10.1 Å². The third-order valence-electron chi connectivity index (χ3n) is 5.85. The molecule has 1 aliphatic carbocycles. The molecule has 0 fully saturated rings. The molecule has 1 aliphatic rings. The number of nitrogens with zero attached hydrogens (tertiary/aromatic N) is 1. The average Bonchev–Trinajstić information content (AvgIpc) is 3.18. The monoisotopic (exact) mass is 444 g/mol. The summed E-state index contributed by atoms with van der Waals surface area (Å²) in [6.45, 7) is -0.0501. The van der Waals surface area contributed by atoms with E-state index < -0.39 is 18.3 Å². The molecule has 0 spiro atoms. The topological polar surface area (TPSA) is 112 Å². The Bertz CT molecular complexity index is 1160. The summed E-state index contributed by atoms with van der Waals surface area (Å²) in [6, 6.07) is 22.6. The van der Waals surface area contributed by atoms with Gasteiger partial charge in [-0.25, -0.2) is 4.79 Å². The molecule has 0 bridgehead atoms. The molecule has 7 nitrogen and oxygen atoms in total. The number of nitriles is 1. The Balaban J connectivity index is 1.34. The summed E-state index contributed by atoms with van der Waals surface area (Å²) in [6.07, 6.45) is -3.23. The van der Waals surface area contributed by atoms with Crippen molar-refractivity contribution < 1.29 is 24.5 Å². The lowest BCUT2D eigenvalue weighted by Gasteiger charge is -2.20. The minimum absolute atomic E-state index is 0.0650. The van der Waals surface area contributed by atoms with Crippen molar-refractivity contribution >= 4 is 6.09 Å². The summed E-state index contributed by atoms with van der Waals surface area (Å²) >= 11 is 0. The predicted molar refractivity (Wildman–Crippen MR) is 122 cm³/mol. The zero-order valence-corrected chi connectivity index (χ0v) is 18.1. The van der Waals surface area contributed by atoms with Crippen molar-refractivity contribution in [2.45, 2.75) is 18.1 Å². The number of nitrogens with one attached hydrogen (secondary N) is 1. The van der Waals surface area contributed by atoms with Crippen molar-refractivity contribution in [3.05, 3.63) is 89.0 Å². The summed E-state index contributed by atoms with van der Waals surface area (Å²) in [7, 11) is 1.42. The van der Waals surface area contributed by atoms with Gasteiger partial charge in [0.15, 0.2) is 0 Å². The van der Waals surface area contributed by atoms with Gasteiger partial charge < -0.3 is 25.0 Å². The Hall–Kier alpha value is -3.86. The van der Waals surface area contributed by atoms with Crippen LogP contribution in [0.5, 0.6) is 5.75 Å². The number of carbonyl (C=O) groups excluding carboxylic acids is 1. The molecular formula is C26H24N2O5. The zero-order valence-electron chi connectivity index (χ0n) is 18.1. The quantitative estimate of drug-likeness (QED) is 0.514. The number of benzene rings is 3. The van der Waals surface area contributed by atoms with Crippen molar-refractivity contribution in [2.24, 2.45) is 0 Å². The molecular weight excluding hydrogens is 420 g/mol. The minimum atomic E-state index is -1.28. The van der Waals surface area contributed by atoms with Crippen LogP contribution in [-0.2, 0) is 4.74 Å². The predicted octanol–water partition coefficient (Wildman–Crippen LogP) is 3.50. The molecule has 1 amide bonds. The number of ether oxygens (including phenoxy) is 2. The lowest BCUT2D eigenvalue weighted by Crippen LogP contribution is -2.36. The first-order valence-electron chi connectivity index (χ1n) is 10.6. The smallest absolute Gasteiger partial charge is 0.407 e. The molecule has 168 valence electrons. The fourth-order valence-corrected chi connectivity index (χ4v) is 4.16. The van der Waals surface area contributed by atoms with Crippen LogP contribution in [0.3, 0.4) is 0 Å². The van der Waals surface area contributed by atoms with E-state index in [9.17, 15) is 15.0 Å². The summed E-state index contributed by atoms with van der Waals surface area (Å²) in [4.78, 5) is 12.3. The van der Waals surface area contributed by atoms with Gasteiger partial charge in [0.1, 0.15) is 30.6 Å². The molecule has 3 aromatic carbocycles. The Morgan fingerprint density at radius 1 is 1.06 bits per heavy atom. The SMILES string of the molecule is COc1cc(C(O)C(O)CNC(=O)OCC2c3ccccc3-c3ccccc32)ccc1C#N. The van der Waals surface area contributed by atoms with Crippen LogP contribution in [0.1, 0.15) is 34.3 Å². The Kier molecular flexibility index (Phi) is 6.59. The van der Waals surface area contributed by atoms with Gasteiger partial charge in [-0.3, -0.25) is 0 Å². The zero-order chi connectivity index (χ0) is 23.4. The average molecular weight is 444 g/mol. The maximum absolute atomic E-state index is 12.3. The highest BCUT2D eigenvalue weighted by atomic mass is 16.5. The third kappa shape index (κ3) is 4.53. The van der Waals surface area contributed by atoms with E-state index in [2.05, 4.69) is 17.4 Å². The van der Waals surface area contributed by atoms with Gasteiger partial charge in [-0.1, -0.05) is 54.6 Å². The first kappa shape index (κ1) is 22.3.